The molecule has 3 heteroatoms. The minimum atomic E-state index is 0.906. The van der Waals surface area contributed by atoms with Gasteiger partial charge in [0.25, 0.3) is 0 Å². The van der Waals surface area contributed by atoms with E-state index in [1.165, 1.54) is 5.69 Å². The van der Waals surface area contributed by atoms with Gasteiger partial charge < -0.3 is 9.32 Å². The lowest BCUT2D eigenvalue weighted by atomic mass is 10.1. The van der Waals surface area contributed by atoms with E-state index in [4.69, 9.17) is 4.42 Å². The number of furan rings is 1. The van der Waals surface area contributed by atoms with Crippen LogP contribution >= 0.6 is 0 Å². The van der Waals surface area contributed by atoms with Gasteiger partial charge in [0.1, 0.15) is 11.5 Å². The molecule has 3 aromatic rings. The van der Waals surface area contributed by atoms with E-state index in [1.54, 1.807) is 0 Å². The molecular formula is C22H26N2O. The Labute approximate surface area is 150 Å². The van der Waals surface area contributed by atoms with Gasteiger partial charge in [0, 0.05) is 30.4 Å². The van der Waals surface area contributed by atoms with Crippen LogP contribution in [0.25, 0.3) is 22.6 Å². The monoisotopic (exact) mass is 334 g/mol. The predicted molar refractivity (Wildman–Crippen MR) is 105 cm³/mol. The molecule has 25 heavy (non-hydrogen) atoms. The molecule has 130 valence electrons. The first-order valence-electron chi connectivity index (χ1n) is 9.10. The molecule has 0 saturated heterocycles. The van der Waals surface area contributed by atoms with Crippen molar-refractivity contribution >= 4 is 5.69 Å². The Hall–Kier alpha value is -2.55. The van der Waals surface area contributed by atoms with Gasteiger partial charge >= 0.3 is 0 Å². The highest BCUT2D eigenvalue weighted by Gasteiger charge is 2.13. The van der Waals surface area contributed by atoms with Crippen LogP contribution in [-0.4, -0.2) is 18.1 Å². The molecule has 0 unspecified atom stereocenters. The van der Waals surface area contributed by atoms with Gasteiger partial charge in [0.2, 0.25) is 0 Å². The number of pyridine rings is 1. The Kier molecular flexibility index (Phi) is 5.54. The topological polar surface area (TPSA) is 29.3 Å². The fraction of sp³-hybridized carbons (Fsp3) is 0.318. The number of hydrogen-bond donors (Lipinski definition) is 0. The number of aromatic nitrogens is 1. The van der Waals surface area contributed by atoms with E-state index in [1.807, 2.05) is 31.3 Å². The van der Waals surface area contributed by atoms with Gasteiger partial charge in [-0.3, -0.25) is 4.98 Å². The van der Waals surface area contributed by atoms with Crippen LogP contribution in [0.15, 0.2) is 59.1 Å². The van der Waals surface area contributed by atoms with Gasteiger partial charge in [0.05, 0.1) is 11.4 Å². The van der Waals surface area contributed by atoms with Gasteiger partial charge in [-0.25, -0.2) is 0 Å². The van der Waals surface area contributed by atoms with Crippen LogP contribution in [0.1, 0.15) is 32.4 Å². The molecule has 0 aliphatic heterocycles. The zero-order valence-electron chi connectivity index (χ0n) is 15.3. The number of anilines is 1. The number of benzene rings is 1. The van der Waals surface area contributed by atoms with Crippen LogP contribution in [-0.2, 0) is 0 Å². The lowest BCUT2D eigenvalue weighted by Gasteiger charge is -2.25. The van der Waals surface area contributed by atoms with Crippen LogP contribution in [0.4, 0.5) is 5.69 Å². The van der Waals surface area contributed by atoms with Crippen molar-refractivity contribution in [2.75, 3.05) is 18.0 Å². The lowest BCUT2D eigenvalue weighted by molar-refractivity contribution is 0.548. The molecule has 2 aromatic heterocycles. The van der Waals surface area contributed by atoms with Crippen molar-refractivity contribution in [2.45, 2.75) is 33.6 Å². The van der Waals surface area contributed by atoms with Crippen molar-refractivity contribution < 1.29 is 4.42 Å². The highest BCUT2D eigenvalue weighted by Crippen LogP contribution is 2.31. The highest BCUT2D eigenvalue weighted by atomic mass is 16.3. The molecule has 0 N–H and O–H groups in total. The SMILES string of the molecule is CCCN(CCC)c1cccnc1-c1ccc(-c2ccc(C)o2)cc1. The molecule has 3 nitrogen and oxygen atoms in total. The first-order valence-corrected chi connectivity index (χ1v) is 9.10. The van der Waals surface area contributed by atoms with Gasteiger partial charge in [-0.15, -0.1) is 0 Å². The summed E-state index contributed by atoms with van der Waals surface area (Å²) in [6.07, 6.45) is 4.13. The maximum atomic E-state index is 5.72. The van der Waals surface area contributed by atoms with Gasteiger partial charge in [-0.2, -0.15) is 0 Å². The summed E-state index contributed by atoms with van der Waals surface area (Å²) in [6, 6.07) is 16.7. The summed E-state index contributed by atoms with van der Waals surface area (Å²) in [4.78, 5) is 7.11. The second-order valence-electron chi connectivity index (χ2n) is 6.35. The molecule has 0 aliphatic rings. The summed E-state index contributed by atoms with van der Waals surface area (Å²) in [6.45, 7) is 8.51. The van der Waals surface area contributed by atoms with Crippen molar-refractivity contribution in [3.63, 3.8) is 0 Å². The van der Waals surface area contributed by atoms with Crippen LogP contribution in [0.2, 0.25) is 0 Å². The molecule has 0 atom stereocenters. The summed E-state index contributed by atoms with van der Waals surface area (Å²) >= 11 is 0. The number of hydrogen-bond acceptors (Lipinski definition) is 3. The minimum Gasteiger partial charge on any atom is -0.461 e. The van der Waals surface area contributed by atoms with Crippen LogP contribution in [0.3, 0.4) is 0 Å². The number of nitrogens with zero attached hydrogens (tertiary/aromatic N) is 2. The summed E-state index contributed by atoms with van der Waals surface area (Å²) in [5.41, 5.74) is 4.49. The fourth-order valence-electron chi connectivity index (χ4n) is 3.15. The second-order valence-corrected chi connectivity index (χ2v) is 6.35. The molecule has 0 radical (unpaired) electrons. The summed E-state index contributed by atoms with van der Waals surface area (Å²) < 4.78 is 5.72. The van der Waals surface area contributed by atoms with Crippen molar-refractivity contribution in [2.24, 2.45) is 0 Å². The Bertz CT molecular complexity index is 799. The van der Waals surface area contributed by atoms with Gasteiger partial charge in [-0.05, 0) is 44.0 Å². The first kappa shape index (κ1) is 17.3. The predicted octanol–water partition coefficient (Wildman–Crippen LogP) is 5.94. The van der Waals surface area contributed by atoms with Crippen LogP contribution in [0.5, 0.6) is 0 Å². The molecule has 1 aromatic carbocycles. The molecular weight excluding hydrogens is 308 g/mol. The van der Waals surface area contributed by atoms with E-state index >= 15 is 0 Å². The average molecular weight is 334 g/mol. The molecule has 0 spiro atoms. The Morgan fingerprint density at radius 2 is 1.56 bits per heavy atom. The molecule has 0 saturated carbocycles. The van der Waals surface area contributed by atoms with Crippen molar-refractivity contribution in [1.82, 2.24) is 4.98 Å². The third-order valence-corrected chi connectivity index (χ3v) is 4.30. The quantitative estimate of drug-likeness (QED) is 0.535. The van der Waals surface area contributed by atoms with E-state index in [0.29, 0.717) is 0 Å². The molecule has 2 heterocycles. The van der Waals surface area contributed by atoms with E-state index in [9.17, 15) is 0 Å². The van der Waals surface area contributed by atoms with Crippen molar-refractivity contribution in [1.29, 1.82) is 0 Å². The molecule has 0 fully saturated rings. The smallest absolute Gasteiger partial charge is 0.134 e. The van der Waals surface area contributed by atoms with E-state index in [0.717, 1.165) is 54.3 Å². The zero-order chi connectivity index (χ0) is 17.6. The molecule has 0 bridgehead atoms. The second kappa shape index (κ2) is 8.02. The summed E-state index contributed by atoms with van der Waals surface area (Å²) in [7, 11) is 0. The average Bonchev–Trinajstić information content (AvgIpc) is 3.08. The van der Waals surface area contributed by atoms with Gasteiger partial charge in [0.15, 0.2) is 0 Å². The van der Waals surface area contributed by atoms with E-state index < -0.39 is 0 Å². The summed E-state index contributed by atoms with van der Waals surface area (Å²) in [5, 5.41) is 0. The molecule has 3 rings (SSSR count). The van der Waals surface area contributed by atoms with Crippen LogP contribution < -0.4 is 4.90 Å². The third-order valence-electron chi connectivity index (χ3n) is 4.30. The minimum absolute atomic E-state index is 0.906. The zero-order valence-corrected chi connectivity index (χ0v) is 15.3. The van der Waals surface area contributed by atoms with Gasteiger partial charge in [-0.1, -0.05) is 38.1 Å². The number of rotatable bonds is 7. The largest absolute Gasteiger partial charge is 0.461 e. The first-order chi connectivity index (χ1) is 12.2. The standard InChI is InChI=1S/C22H26N2O/c1-4-15-24(16-5-2)20-7-6-14-23-22(20)19-11-9-18(10-12-19)21-13-8-17(3)25-21/h6-14H,4-5,15-16H2,1-3H3. The fourth-order valence-corrected chi connectivity index (χ4v) is 3.15. The summed E-state index contributed by atoms with van der Waals surface area (Å²) in [5.74, 6) is 1.84. The highest BCUT2D eigenvalue weighted by molar-refractivity contribution is 5.76. The molecule has 0 aliphatic carbocycles. The molecule has 0 amide bonds. The van der Waals surface area contributed by atoms with E-state index in [-0.39, 0.29) is 0 Å². The lowest BCUT2D eigenvalue weighted by Crippen LogP contribution is -2.25. The van der Waals surface area contributed by atoms with Crippen molar-refractivity contribution in [3.8, 4) is 22.6 Å². The maximum Gasteiger partial charge on any atom is 0.134 e. The number of aryl methyl sites for hydroxylation is 1. The Balaban J connectivity index is 1.93. The van der Waals surface area contributed by atoms with E-state index in [2.05, 4.69) is 54.1 Å². The normalized spacial score (nSPS) is 10.8. The Morgan fingerprint density at radius 3 is 2.16 bits per heavy atom. The third kappa shape index (κ3) is 3.93. The maximum absolute atomic E-state index is 5.72. The van der Waals surface area contributed by atoms with Crippen LogP contribution in [0, 0.1) is 6.92 Å². The Morgan fingerprint density at radius 1 is 0.880 bits per heavy atom. The van der Waals surface area contributed by atoms with Crippen molar-refractivity contribution in [3.05, 3.63) is 60.5 Å².